The molecule has 0 spiro atoms. The number of likely N-dealkylation sites (tertiary alicyclic amines) is 1. The number of aryl methyl sites for hydroxylation is 1. The van der Waals surface area contributed by atoms with E-state index in [0.29, 0.717) is 0 Å². The van der Waals surface area contributed by atoms with Crippen molar-refractivity contribution in [3.05, 3.63) is 23.2 Å². The topological polar surface area (TPSA) is 60.4 Å². The van der Waals surface area contributed by atoms with E-state index in [0.717, 1.165) is 55.3 Å². The van der Waals surface area contributed by atoms with E-state index in [2.05, 4.69) is 15.1 Å². The Morgan fingerprint density at radius 3 is 2.89 bits per heavy atom. The van der Waals surface area contributed by atoms with Gasteiger partial charge in [-0.3, -0.25) is 0 Å². The molecule has 6 nitrogen and oxygen atoms in total. The molecule has 0 radical (unpaired) electrons. The van der Waals surface area contributed by atoms with E-state index < -0.39 is 0 Å². The van der Waals surface area contributed by atoms with Crippen molar-refractivity contribution in [2.24, 2.45) is 0 Å². The molecule has 0 saturated carbocycles. The van der Waals surface area contributed by atoms with Gasteiger partial charge in [0, 0.05) is 17.9 Å². The number of hydrogen-bond acceptors (Lipinski definition) is 8. The van der Waals surface area contributed by atoms with E-state index in [1.165, 1.54) is 25.9 Å². The second kappa shape index (κ2) is 7.26. The summed E-state index contributed by atoms with van der Waals surface area (Å²) in [4.78, 5) is 7.27. The van der Waals surface area contributed by atoms with E-state index in [9.17, 15) is 0 Å². The van der Waals surface area contributed by atoms with Crippen molar-refractivity contribution >= 4 is 33.3 Å². The van der Waals surface area contributed by atoms with E-state index in [1.54, 1.807) is 23.1 Å². The molecule has 1 saturated heterocycles. The summed E-state index contributed by atoms with van der Waals surface area (Å²) in [5, 5.41) is 11.0. The van der Waals surface area contributed by atoms with E-state index >= 15 is 0 Å². The van der Waals surface area contributed by atoms with Crippen LogP contribution in [0.3, 0.4) is 0 Å². The fraction of sp³-hybridized carbons (Fsp3) is 0.421. The van der Waals surface area contributed by atoms with Gasteiger partial charge in [-0.1, -0.05) is 0 Å². The van der Waals surface area contributed by atoms with Crippen LogP contribution in [0, 0.1) is 6.92 Å². The first-order valence-electron chi connectivity index (χ1n) is 9.17. The van der Waals surface area contributed by atoms with Crippen LogP contribution in [-0.4, -0.2) is 52.3 Å². The van der Waals surface area contributed by atoms with Gasteiger partial charge in [-0.05, 0) is 51.1 Å². The lowest BCUT2D eigenvalue weighted by Crippen LogP contribution is -2.21. The van der Waals surface area contributed by atoms with Crippen LogP contribution in [0.4, 0.5) is 0 Å². The number of hydrogen-bond donors (Lipinski definition) is 0. The lowest BCUT2D eigenvalue weighted by Gasteiger charge is -2.13. The fourth-order valence-electron chi connectivity index (χ4n) is 3.53. The third-order valence-electron chi connectivity index (χ3n) is 4.88. The third-order valence-corrected chi connectivity index (χ3v) is 6.80. The summed E-state index contributed by atoms with van der Waals surface area (Å²) in [6.07, 6.45) is 2.65. The zero-order chi connectivity index (χ0) is 18.2. The number of thioether (sulfide) groups is 1. The molecule has 3 aromatic rings. The number of rotatable bonds is 5. The van der Waals surface area contributed by atoms with Crippen LogP contribution in [0.2, 0.25) is 0 Å². The summed E-state index contributed by atoms with van der Waals surface area (Å²) in [6, 6.07) is 5.91. The van der Waals surface area contributed by atoms with Crippen molar-refractivity contribution in [2.75, 3.05) is 32.2 Å². The van der Waals surface area contributed by atoms with Crippen molar-refractivity contribution < 1.29 is 9.47 Å². The van der Waals surface area contributed by atoms with E-state index in [1.807, 2.05) is 25.1 Å². The lowest BCUT2D eigenvalue weighted by molar-refractivity contribution is 0.174. The summed E-state index contributed by atoms with van der Waals surface area (Å²) in [7, 11) is 0. The van der Waals surface area contributed by atoms with Gasteiger partial charge in [-0.15, -0.1) is 33.3 Å². The molecule has 1 fully saturated rings. The molecular formula is C19H20N4O2S2. The van der Waals surface area contributed by atoms with E-state index in [4.69, 9.17) is 14.5 Å². The Morgan fingerprint density at radius 1 is 1.15 bits per heavy atom. The standard InChI is InChI=1S/C19H20N4O2S2/c1-12-20-17-18(27-12)16(13-4-5-14-15(10-13)25-11-24-14)21-22-19(17)26-9-8-23-6-2-3-7-23/h4-5,10H,2-3,6-9,11H2,1H3. The number of thiazole rings is 1. The monoisotopic (exact) mass is 400 g/mol. The van der Waals surface area contributed by atoms with Gasteiger partial charge in [0.25, 0.3) is 0 Å². The van der Waals surface area contributed by atoms with Gasteiger partial charge in [0.05, 0.1) is 9.71 Å². The number of ether oxygens (including phenoxy) is 2. The molecule has 140 valence electrons. The smallest absolute Gasteiger partial charge is 0.231 e. The lowest BCUT2D eigenvalue weighted by atomic mass is 10.1. The molecular weight excluding hydrogens is 380 g/mol. The molecule has 0 aliphatic carbocycles. The summed E-state index contributed by atoms with van der Waals surface area (Å²) in [6.45, 7) is 5.85. The number of aromatic nitrogens is 3. The highest BCUT2D eigenvalue weighted by Gasteiger charge is 2.20. The highest BCUT2D eigenvalue weighted by Crippen LogP contribution is 2.39. The number of fused-ring (bicyclic) bond motifs is 2. The van der Waals surface area contributed by atoms with Crippen molar-refractivity contribution in [3.8, 4) is 22.8 Å². The van der Waals surface area contributed by atoms with Crippen LogP contribution in [-0.2, 0) is 0 Å². The first-order valence-corrected chi connectivity index (χ1v) is 11.0. The molecule has 0 N–H and O–H groups in total. The summed E-state index contributed by atoms with van der Waals surface area (Å²) in [5.41, 5.74) is 2.80. The fourth-order valence-corrected chi connectivity index (χ4v) is 5.45. The van der Waals surface area contributed by atoms with Crippen LogP contribution in [0.15, 0.2) is 23.2 Å². The minimum Gasteiger partial charge on any atom is -0.454 e. The number of nitrogens with zero attached hydrogens (tertiary/aromatic N) is 4. The second-order valence-corrected chi connectivity index (χ2v) is 9.02. The SMILES string of the molecule is Cc1nc2c(SCCN3CCCC3)nnc(-c3ccc4c(c3)OCO4)c2s1. The van der Waals surface area contributed by atoms with Gasteiger partial charge < -0.3 is 14.4 Å². The normalized spacial score (nSPS) is 16.5. The van der Waals surface area contributed by atoms with Gasteiger partial charge in [0.2, 0.25) is 6.79 Å². The minimum atomic E-state index is 0.270. The molecule has 27 heavy (non-hydrogen) atoms. The summed E-state index contributed by atoms with van der Waals surface area (Å²) >= 11 is 3.43. The van der Waals surface area contributed by atoms with E-state index in [-0.39, 0.29) is 6.79 Å². The Kier molecular flexibility index (Phi) is 4.63. The summed E-state index contributed by atoms with van der Waals surface area (Å²) in [5.74, 6) is 2.55. The first kappa shape index (κ1) is 17.2. The van der Waals surface area contributed by atoms with Crippen molar-refractivity contribution in [1.29, 1.82) is 0 Å². The molecule has 8 heteroatoms. The molecule has 0 atom stereocenters. The highest BCUT2D eigenvalue weighted by atomic mass is 32.2. The Balaban J connectivity index is 1.44. The quantitative estimate of drug-likeness (QED) is 0.600. The van der Waals surface area contributed by atoms with Crippen molar-refractivity contribution in [2.45, 2.75) is 24.8 Å². The molecule has 2 aliphatic rings. The molecule has 0 unspecified atom stereocenters. The van der Waals surface area contributed by atoms with Crippen LogP contribution in [0.5, 0.6) is 11.5 Å². The molecule has 4 heterocycles. The maximum atomic E-state index is 5.51. The van der Waals surface area contributed by atoms with Crippen molar-refractivity contribution in [3.63, 3.8) is 0 Å². The Morgan fingerprint density at radius 2 is 2.00 bits per heavy atom. The van der Waals surface area contributed by atoms with Gasteiger partial charge in [0.1, 0.15) is 16.2 Å². The van der Waals surface area contributed by atoms with Crippen LogP contribution < -0.4 is 9.47 Å². The molecule has 2 aromatic heterocycles. The van der Waals surface area contributed by atoms with Gasteiger partial charge in [-0.2, -0.15) is 0 Å². The maximum Gasteiger partial charge on any atom is 0.231 e. The predicted molar refractivity (Wildman–Crippen MR) is 108 cm³/mol. The summed E-state index contributed by atoms with van der Waals surface area (Å²) < 4.78 is 12.0. The zero-order valence-corrected chi connectivity index (χ0v) is 16.7. The molecule has 2 aliphatic heterocycles. The Labute approximate surface area is 165 Å². The molecule has 0 amide bonds. The van der Waals surface area contributed by atoms with Gasteiger partial charge >= 0.3 is 0 Å². The zero-order valence-electron chi connectivity index (χ0n) is 15.1. The number of benzene rings is 1. The maximum absolute atomic E-state index is 5.51. The highest BCUT2D eigenvalue weighted by molar-refractivity contribution is 7.99. The third kappa shape index (κ3) is 3.37. The van der Waals surface area contributed by atoms with Gasteiger partial charge in [0.15, 0.2) is 11.5 Å². The van der Waals surface area contributed by atoms with Crippen LogP contribution in [0.1, 0.15) is 17.8 Å². The predicted octanol–water partition coefficient (Wildman–Crippen LogP) is 3.98. The second-order valence-electron chi connectivity index (χ2n) is 6.73. The molecule has 1 aromatic carbocycles. The Hall–Kier alpha value is -1.90. The Bertz CT molecular complexity index is 985. The average molecular weight is 401 g/mol. The van der Waals surface area contributed by atoms with Crippen LogP contribution in [0.25, 0.3) is 21.5 Å². The largest absolute Gasteiger partial charge is 0.454 e. The minimum absolute atomic E-state index is 0.270. The van der Waals surface area contributed by atoms with Gasteiger partial charge in [-0.25, -0.2) is 4.98 Å². The molecule has 0 bridgehead atoms. The average Bonchev–Trinajstić information content (AvgIpc) is 3.41. The van der Waals surface area contributed by atoms with Crippen LogP contribution >= 0.6 is 23.1 Å². The van der Waals surface area contributed by atoms with Crippen molar-refractivity contribution in [1.82, 2.24) is 20.1 Å². The first-order chi connectivity index (χ1) is 13.3. The molecule has 5 rings (SSSR count).